The van der Waals surface area contributed by atoms with Crippen LogP contribution in [0.1, 0.15) is 5.56 Å². The number of nitrogens with zero attached hydrogens (tertiary/aromatic N) is 1. The number of carbonyl (C=O) groups excluding carboxylic acids is 1. The molecule has 1 N–H and O–H groups in total. The summed E-state index contributed by atoms with van der Waals surface area (Å²) in [5, 5.41) is 5.25. The molecule has 0 aliphatic rings. The van der Waals surface area contributed by atoms with Gasteiger partial charge in [0.15, 0.2) is 0 Å². The highest BCUT2D eigenvalue weighted by Gasteiger charge is 2.09. The van der Waals surface area contributed by atoms with Crippen molar-refractivity contribution < 1.29 is 9.53 Å². The largest absolute Gasteiger partial charge is 0.491 e. The number of rotatable bonds is 7. The van der Waals surface area contributed by atoms with Gasteiger partial charge in [0.2, 0.25) is 5.91 Å². The lowest BCUT2D eigenvalue weighted by atomic mass is 10.0. The molecule has 0 aliphatic carbocycles. The maximum absolute atomic E-state index is 12.6. The molecule has 0 aliphatic heterocycles. The first kappa shape index (κ1) is 19.6. The monoisotopic (exact) mass is 474 g/mol. The van der Waals surface area contributed by atoms with Crippen LogP contribution in [-0.2, 0) is 11.2 Å². The predicted octanol–water partition coefficient (Wildman–Crippen LogP) is 4.57. The number of hydrogen-bond acceptors (Lipinski definition) is 3. The minimum atomic E-state index is -0.0354. The second-order valence-corrected chi connectivity index (χ2v) is 7.82. The van der Waals surface area contributed by atoms with E-state index < -0.39 is 0 Å². The summed E-state index contributed by atoms with van der Waals surface area (Å²) in [4.78, 5) is 14.6. The van der Waals surface area contributed by atoms with E-state index in [-0.39, 0.29) is 5.91 Å². The molecule has 140 valence electrons. The van der Waals surface area contributed by atoms with E-state index in [1.54, 1.807) is 0 Å². The first-order chi connectivity index (χ1) is 13.0. The lowest BCUT2D eigenvalue weighted by Crippen LogP contribution is -2.19. The van der Waals surface area contributed by atoms with Gasteiger partial charge in [0.05, 0.1) is 9.99 Å². The second-order valence-electron chi connectivity index (χ2n) is 6.66. The van der Waals surface area contributed by atoms with Gasteiger partial charge in [0.25, 0.3) is 0 Å². The molecule has 0 atom stereocenters. The molecule has 0 saturated carbocycles. The number of nitrogens with one attached hydrogen (secondary N) is 1. The number of fused-ring (bicyclic) bond motifs is 1. The Morgan fingerprint density at radius 1 is 1.07 bits per heavy atom. The summed E-state index contributed by atoms with van der Waals surface area (Å²) in [6, 6.07) is 19.9. The fourth-order valence-electron chi connectivity index (χ4n) is 2.85. The predicted molar refractivity (Wildman–Crippen MR) is 119 cm³/mol. The molecule has 0 heterocycles. The number of hydrogen-bond donors (Lipinski definition) is 1. The van der Waals surface area contributed by atoms with E-state index in [0.717, 1.165) is 37.9 Å². The molecule has 0 spiro atoms. The van der Waals surface area contributed by atoms with Crippen molar-refractivity contribution in [2.24, 2.45) is 0 Å². The van der Waals surface area contributed by atoms with Gasteiger partial charge in [-0.2, -0.15) is 0 Å². The molecule has 0 radical (unpaired) electrons. The van der Waals surface area contributed by atoms with Crippen LogP contribution in [0.4, 0.5) is 5.69 Å². The van der Waals surface area contributed by atoms with Crippen LogP contribution in [0.5, 0.6) is 5.75 Å². The van der Waals surface area contributed by atoms with Gasteiger partial charge >= 0.3 is 0 Å². The van der Waals surface area contributed by atoms with Gasteiger partial charge in [-0.1, -0.05) is 42.5 Å². The smallest absolute Gasteiger partial charge is 0.228 e. The number of amides is 1. The van der Waals surface area contributed by atoms with Crippen LogP contribution in [0.15, 0.2) is 60.7 Å². The summed E-state index contributed by atoms with van der Waals surface area (Å²) in [7, 11) is 4.02. The van der Waals surface area contributed by atoms with Crippen molar-refractivity contribution in [3.63, 3.8) is 0 Å². The molecule has 3 aromatic rings. The van der Waals surface area contributed by atoms with E-state index in [1.165, 1.54) is 0 Å². The third kappa shape index (κ3) is 5.43. The van der Waals surface area contributed by atoms with Crippen LogP contribution in [0.3, 0.4) is 0 Å². The average molecular weight is 474 g/mol. The summed E-state index contributed by atoms with van der Waals surface area (Å²) in [6.45, 7) is 1.45. The standard InChI is InChI=1S/C22H23IN2O2/c1-25(2)12-13-27-21-15-18(10-11-20(21)23)24-22(26)14-17-8-5-7-16-6-3-4-9-19(16)17/h3-11,15H,12-14H2,1-2H3,(H,24,26). The maximum atomic E-state index is 12.6. The Labute approximate surface area is 173 Å². The molecule has 0 fully saturated rings. The normalized spacial score (nSPS) is 11.0. The van der Waals surface area contributed by atoms with Crippen LogP contribution >= 0.6 is 22.6 Å². The first-order valence-corrected chi connectivity index (χ1v) is 9.94. The van der Waals surface area contributed by atoms with E-state index in [0.29, 0.717) is 13.0 Å². The van der Waals surface area contributed by atoms with E-state index in [1.807, 2.05) is 56.6 Å². The Morgan fingerprint density at radius 3 is 2.67 bits per heavy atom. The molecule has 3 aromatic carbocycles. The van der Waals surface area contributed by atoms with Crippen molar-refractivity contribution in [1.29, 1.82) is 0 Å². The SMILES string of the molecule is CN(C)CCOc1cc(NC(=O)Cc2cccc3ccccc23)ccc1I. The molecule has 5 heteroatoms. The minimum Gasteiger partial charge on any atom is -0.491 e. The van der Waals surface area contributed by atoms with E-state index in [2.05, 4.69) is 51.0 Å². The molecular formula is C22H23IN2O2. The summed E-state index contributed by atoms with van der Waals surface area (Å²) in [6.07, 6.45) is 0.337. The Balaban J connectivity index is 1.68. The summed E-state index contributed by atoms with van der Waals surface area (Å²) in [5.41, 5.74) is 1.78. The lowest BCUT2D eigenvalue weighted by Gasteiger charge is -2.14. The first-order valence-electron chi connectivity index (χ1n) is 8.86. The summed E-state index contributed by atoms with van der Waals surface area (Å²) in [5.74, 6) is 0.757. The minimum absolute atomic E-state index is 0.0354. The maximum Gasteiger partial charge on any atom is 0.228 e. The quantitative estimate of drug-likeness (QED) is 0.511. The van der Waals surface area contributed by atoms with Crippen LogP contribution in [0, 0.1) is 3.57 Å². The van der Waals surface area contributed by atoms with Crippen molar-refractivity contribution in [3.05, 3.63) is 69.8 Å². The van der Waals surface area contributed by atoms with Gasteiger partial charge in [-0.05, 0) is 65.2 Å². The molecule has 1 amide bonds. The molecule has 0 saturated heterocycles. The van der Waals surface area contributed by atoms with E-state index in [4.69, 9.17) is 4.74 Å². The molecule has 3 rings (SSSR count). The van der Waals surface area contributed by atoms with Crippen LogP contribution in [0.2, 0.25) is 0 Å². The van der Waals surface area contributed by atoms with Crippen molar-refractivity contribution in [2.45, 2.75) is 6.42 Å². The highest BCUT2D eigenvalue weighted by Crippen LogP contribution is 2.25. The highest BCUT2D eigenvalue weighted by molar-refractivity contribution is 14.1. The lowest BCUT2D eigenvalue weighted by molar-refractivity contribution is -0.115. The van der Waals surface area contributed by atoms with Gasteiger partial charge in [0, 0.05) is 18.3 Å². The Morgan fingerprint density at radius 2 is 1.85 bits per heavy atom. The summed E-state index contributed by atoms with van der Waals surface area (Å²) < 4.78 is 6.87. The van der Waals surface area contributed by atoms with Gasteiger partial charge in [-0.25, -0.2) is 0 Å². The van der Waals surface area contributed by atoms with Crippen LogP contribution < -0.4 is 10.1 Å². The Bertz CT molecular complexity index is 935. The van der Waals surface area contributed by atoms with Gasteiger partial charge < -0.3 is 15.0 Å². The van der Waals surface area contributed by atoms with Crippen LogP contribution in [0.25, 0.3) is 10.8 Å². The number of anilines is 1. The third-order valence-corrected chi connectivity index (χ3v) is 5.13. The number of halogens is 1. The van der Waals surface area contributed by atoms with Gasteiger partial charge in [-0.3, -0.25) is 4.79 Å². The number of likely N-dealkylation sites (N-methyl/N-ethyl adjacent to an activating group) is 1. The molecule has 4 nitrogen and oxygen atoms in total. The topological polar surface area (TPSA) is 41.6 Å². The Hall–Kier alpha value is -2.12. The highest BCUT2D eigenvalue weighted by atomic mass is 127. The second kappa shape index (κ2) is 9.19. The zero-order valence-electron chi connectivity index (χ0n) is 15.5. The van der Waals surface area contributed by atoms with E-state index >= 15 is 0 Å². The number of benzene rings is 3. The average Bonchev–Trinajstić information content (AvgIpc) is 2.64. The Kier molecular flexibility index (Phi) is 6.68. The third-order valence-electron chi connectivity index (χ3n) is 4.24. The van der Waals surface area contributed by atoms with Gasteiger partial charge in [-0.15, -0.1) is 0 Å². The fourth-order valence-corrected chi connectivity index (χ4v) is 3.35. The molecule has 0 unspecified atom stereocenters. The zero-order valence-corrected chi connectivity index (χ0v) is 17.7. The summed E-state index contributed by atoms with van der Waals surface area (Å²) >= 11 is 2.24. The van der Waals surface area contributed by atoms with Crippen molar-refractivity contribution in [1.82, 2.24) is 4.90 Å². The zero-order chi connectivity index (χ0) is 19.2. The fraction of sp³-hybridized carbons (Fsp3) is 0.227. The molecule has 0 aromatic heterocycles. The van der Waals surface area contributed by atoms with Crippen molar-refractivity contribution in [2.75, 3.05) is 32.6 Å². The number of carbonyl (C=O) groups is 1. The molecule has 0 bridgehead atoms. The van der Waals surface area contributed by atoms with Crippen molar-refractivity contribution >= 4 is 45.0 Å². The van der Waals surface area contributed by atoms with Crippen molar-refractivity contribution in [3.8, 4) is 5.75 Å². The molecular weight excluding hydrogens is 451 g/mol. The number of ether oxygens (including phenoxy) is 1. The van der Waals surface area contributed by atoms with Gasteiger partial charge in [0.1, 0.15) is 12.4 Å². The van der Waals surface area contributed by atoms with E-state index in [9.17, 15) is 4.79 Å². The molecule has 27 heavy (non-hydrogen) atoms. The van der Waals surface area contributed by atoms with Crippen LogP contribution in [-0.4, -0.2) is 38.1 Å².